The van der Waals surface area contributed by atoms with Crippen LogP contribution in [-0.2, 0) is 0 Å². The first-order chi connectivity index (χ1) is 4.74. The van der Waals surface area contributed by atoms with Crippen LogP contribution in [0.3, 0.4) is 0 Å². The van der Waals surface area contributed by atoms with E-state index in [1.54, 1.807) is 0 Å². The zero-order valence-corrected chi connectivity index (χ0v) is 5.90. The molecule has 0 aliphatic rings. The molecule has 0 bridgehead atoms. The van der Waals surface area contributed by atoms with Crippen molar-refractivity contribution in [1.29, 1.82) is 0 Å². The minimum atomic E-state index is -0.424. The fourth-order valence-corrected chi connectivity index (χ4v) is 0.859. The van der Waals surface area contributed by atoms with Crippen LogP contribution in [0, 0.1) is 5.82 Å². The van der Waals surface area contributed by atoms with Gasteiger partial charge >= 0.3 is 7.48 Å². The Morgan fingerprint density at radius 3 is 2.70 bits per heavy atom. The predicted molar refractivity (Wildman–Crippen MR) is 40.4 cm³/mol. The summed E-state index contributed by atoms with van der Waals surface area (Å²) in [4.78, 5) is 0. The molecule has 10 heavy (non-hydrogen) atoms. The number of hydrogen-bond donors (Lipinski definition) is 1. The molecule has 0 atom stereocenters. The van der Waals surface area contributed by atoms with E-state index in [4.69, 9.17) is 16.6 Å². The van der Waals surface area contributed by atoms with E-state index in [1.807, 2.05) is 0 Å². The second-order valence-corrected chi connectivity index (χ2v) is 2.33. The van der Waals surface area contributed by atoms with E-state index >= 15 is 0 Å². The van der Waals surface area contributed by atoms with Gasteiger partial charge in [0.15, 0.2) is 0 Å². The Hall–Kier alpha value is -0.535. The molecule has 0 amide bonds. The van der Waals surface area contributed by atoms with Crippen LogP contribution in [0.25, 0.3) is 0 Å². The van der Waals surface area contributed by atoms with Gasteiger partial charge in [-0.25, -0.2) is 4.39 Å². The summed E-state index contributed by atoms with van der Waals surface area (Å²) in [5.74, 6) is -0.424. The second-order valence-electron chi connectivity index (χ2n) is 1.89. The number of benzene rings is 1. The molecule has 0 fully saturated rings. The van der Waals surface area contributed by atoms with Crippen LogP contribution in [0.5, 0.6) is 0 Å². The van der Waals surface area contributed by atoms with Gasteiger partial charge in [-0.05, 0) is 23.7 Å². The molecule has 4 heteroatoms. The summed E-state index contributed by atoms with van der Waals surface area (Å²) < 4.78 is 12.6. The molecule has 0 saturated heterocycles. The van der Waals surface area contributed by atoms with Crippen molar-refractivity contribution in [2.45, 2.75) is 0 Å². The molecule has 1 aromatic carbocycles. The number of hydrogen-bond acceptors (Lipinski definition) is 1. The standard InChI is InChI=1S/C6H5BClFO/c8-4-1-2-6(9)5(3-4)7-10/h1-3,7,10H. The van der Waals surface area contributed by atoms with E-state index < -0.39 is 5.82 Å². The maximum absolute atomic E-state index is 12.6. The van der Waals surface area contributed by atoms with Gasteiger partial charge in [0.1, 0.15) is 5.82 Å². The first kappa shape index (κ1) is 7.57. The summed E-state index contributed by atoms with van der Waals surface area (Å²) in [6, 6.07) is 4.07. The Balaban J connectivity index is 3.09. The summed E-state index contributed by atoms with van der Waals surface area (Å²) in [6.45, 7) is 0. The molecule has 0 spiro atoms. The summed E-state index contributed by atoms with van der Waals surface area (Å²) in [6.07, 6.45) is 0. The summed E-state index contributed by atoms with van der Waals surface area (Å²) >= 11 is 5.52. The van der Waals surface area contributed by atoms with Crippen LogP contribution in [-0.4, -0.2) is 12.5 Å². The third-order valence-corrected chi connectivity index (χ3v) is 1.41. The van der Waals surface area contributed by atoms with Crippen molar-refractivity contribution in [1.82, 2.24) is 0 Å². The maximum atomic E-state index is 12.6. The Morgan fingerprint density at radius 2 is 2.20 bits per heavy atom. The van der Waals surface area contributed by atoms with Crippen molar-refractivity contribution in [3.63, 3.8) is 0 Å². The van der Waals surface area contributed by atoms with Crippen molar-refractivity contribution >= 4 is 24.5 Å². The van der Waals surface area contributed by atoms with Gasteiger partial charge in [-0.2, -0.15) is 0 Å². The lowest BCUT2D eigenvalue weighted by Gasteiger charge is -1.96. The quantitative estimate of drug-likeness (QED) is 0.588. The third-order valence-electron chi connectivity index (χ3n) is 1.18. The molecular formula is C6H5BClFO. The zero-order chi connectivity index (χ0) is 7.56. The van der Waals surface area contributed by atoms with Crippen LogP contribution >= 0.6 is 11.6 Å². The first-order valence-corrected chi connectivity index (χ1v) is 3.16. The number of halogens is 2. The molecule has 0 aliphatic carbocycles. The Labute approximate surface area is 63.7 Å². The molecule has 1 N–H and O–H groups in total. The SMILES string of the molecule is OBc1cc(Cl)ccc1F. The van der Waals surface area contributed by atoms with E-state index in [9.17, 15) is 4.39 Å². The van der Waals surface area contributed by atoms with Crippen molar-refractivity contribution in [2.24, 2.45) is 0 Å². The third kappa shape index (κ3) is 1.49. The average Bonchev–Trinajstić information content (AvgIpc) is 1.94. The van der Waals surface area contributed by atoms with Crippen LogP contribution in [0.2, 0.25) is 5.02 Å². The van der Waals surface area contributed by atoms with Crippen LogP contribution in [0.1, 0.15) is 0 Å². The van der Waals surface area contributed by atoms with Gasteiger partial charge in [-0.15, -0.1) is 0 Å². The monoisotopic (exact) mass is 158 g/mol. The first-order valence-electron chi connectivity index (χ1n) is 2.79. The number of rotatable bonds is 1. The molecule has 52 valence electrons. The van der Waals surface area contributed by atoms with Crippen LogP contribution in [0.15, 0.2) is 18.2 Å². The summed E-state index contributed by atoms with van der Waals surface area (Å²) in [5.41, 5.74) is 0.229. The van der Waals surface area contributed by atoms with Gasteiger partial charge in [-0.3, -0.25) is 0 Å². The van der Waals surface area contributed by atoms with Gasteiger partial charge < -0.3 is 5.02 Å². The highest BCUT2D eigenvalue weighted by Gasteiger charge is 2.01. The van der Waals surface area contributed by atoms with E-state index in [0.29, 0.717) is 5.02 Å². The zero-order valence-electron chi connectivity index (χ0n) is 5.14. The van der Waals surface area contributed by atoms with Gasteiger partial charge in [0.05, 0.1) is 0 Å². The lowest BCUT2D eigenvalue weighted by atomic mass is 9.88. The molecule has 1 aromatic rings. The molecule has 0 radical (unpaired) electrons. The van der Waals surface area contributed by atoms with Gasteiger partial charge in [-0.1, -0.05) is 11.6 Å². The highest BCUT2D eigenvalue weighted by molar-refractivity contribution is 6.46. The molecule has 0 saturated carbocycles. The van der Waals surface area contributed by atoms with Crippen molar-refractivity contribution in [3.8, 4) is 0 Å². The molecular weight excluding hydrogens is 153 g/mol. The van der Waals surface area contributed by atoms with Crippen molar-refractivity contribution < 1.29 is 9.41 Å². The molecule has 0 aliphatic heterocycles. The Bertz CT molecular complexity index is 241. The highest BCUT2D eigenvalue weighted by Crippen LogP contribution is 2.05. The van der Waals surface area contributed by atoms with Gasteiger partial charge in [0, 0.05) is 5.02 Å². The second kappa shape index (κ2) is 3.04. The predicted octanol–water partition coefficient (Wildman–Crippen LogP) is 0.448. The highest BCUT2D eigenvalue weighted by atomic mass is 35.5. The maximum Gasteiger partial charge on any atom is 0.307 e. The van der Waals surface area contributed by atoms with E-state index in [-0.39, 0.29) is 12.9 Å². The van der Waals surface area contributed by atoms with Crippen molar-refractivity contribution in [3.05, 3.63) is 29.0 Å². The summed E-state index contributed by atoms with van der Waals surface area (Å²) in [5, 5.41) is 8.98. The Kier molecular flexibility index (Phi) is 2.30. The van der Waals surface area contributed by atoms with Crippen LogP contribution in [0.4, 0.5) is 4.39 Å². The lowest BCUT2D eigenvalue weighted by molar-refractivity contribution is 0.602. The largest absolute Gasteiger partial charge is 0.449 e. The normalized spacial score (nSPS) is 9.50. The van der Waals surface area contributed by atoms with Gasteiger partial charge in [0.2, 0.25) is 0 Å². The van der Waals surface area contributed by atoms with E-state index in [0.717, 1.165) is 0 Å². The summed E-state index contributed by atoms with van der Waals surface area (Å²) in [7, 11) is -0.313. The topological polar surface area (TPSA) is 20.2 Å². The fourth-order valence-electron chi connectivity index (χ4n) is 0.664. The molecule has 0 unspecified atom stereocenters. The Morgan fingerprint density at radius 1 is 1.50 bits per heavy atom. The van der Waals surface area contributed by atoms with Crippen molar-refractivity contribution in [2.75, 3.05) is 0 Å². The smallest absolute Gasteiger partial charge is 0.307 e. The fraction of sp³-hybridized carbons (Fsp3) is 0. The minimum absolute atomic E-state index is 0.229. The van der Waals surface area contributed by atoms with Gasteiger partial charge in [0.25, 0.3) is 0 Å². The molecule has 1 nitrogen and oxygen atoms in total. The van der Waals surface area contributed by atoms with E-state index in [1.165, 1.54) is 18.2 Å². The minimum Gasteiger partial charge on any atom is -0.449 e. The lowest BCUT2D eigenvalue weighted by Crippen LogP contribution is -2.17. The molecule has 0 aromatic heterocycles. The molecule has 1 rings (SSSR count). The average molecular weight is 158 g/mol. The molecule has 0 heterocycles. The van der Waals surface area contributed by atoms with Crippen LogP contribution < -0.4 is 5.46 Å². The van der Waals surface area contributed by atoms with E-state index in [2.05, 4.69) is 0 Å².